The molecule has 4 nitrogen and oxygen atoms in total. The maximum atomic E-state index is 11.7. The summed E-state index contributed by atoms with van der Waals surface area (Å²) < 4.78 is 9.91. The Hall–Kier alpha value is -1.55. The van der Waals surface area contributed by atoms with Crippen molar-refractivity contribution >= 4 is 5.97 Å². The number of methoxy groups -OCH3 is 2. The molecule has 2 rings (SSSR count). The molecule has 92 valence electrons. The largest absolute Gasteiger partial charge is 0.497 e. The van der Waals surface area contributed by atoms with Gasteiger partial charge in [0.25, 0.3) is 0 Å². The van der Waals surface area contributed by atoms with Gasteiger partial charge in [-0.25, -0.2) is 0 Å². The first-order valence-corrected chi connectivity index (χ1v) is 5.62. The first-order chi connectivity index (χ1) is 8.14. The van der Waals surface area contributed by atoms with Crippen LogP contribution in [0.3, 0.4) is 0 Å². The van der Waals surface area contributed by atoms with E-state index in [1.54, 1.807) is 7.11 Å². The molecule has 0 spiro atoms. The van der Waals surface area contributed by atoms with E-state index in [9.17, 15) is 4.79 Å². The minimum absolute atomic E-state index is 0.208. The molecule has 0 heterocycles. The number of ether oxygens (including phenoxy) is 2. The number of hydrogen-bond acceptors (Lipinski definition) is 4. The molecule has 0 aromatic heterocycles. The van der Waals surface area contributed by atoms with Gasteiger partial charge in [0.2, 0.25) is 0 Å². The number of carbonyl (C=O) groups is 1. The quantitative estimate of drug-likeness (QED) is 0.806. The van der Waals surface area contributed by atoms with E-state index < -0.39 is 5.41 Å². The number of carbonyl (C=O) groups excluding carboxylic acids is 1. The molecule has 1 atom stereocenters. The molecule has 17 heavy (non-hydrogen) atoms. The summed E-state index contributed by atoms with van der Waals surface area (Å²) in [5, 5.41) is 0. The van der Waals surface area contributed by atoms with Crippen molar-refractivity contribution < 1.29 is 14.3 Å². The van der Waals surface area contributed by atoms with E-state index in [2.05, 4.69) is 0 Å². The lowest BCUT2D eigenvalue weighted by atomic mass is 9.91. The van der Waals surface area contributed by atoms with Gasteiger partial charge < -0.3 is 15.2 Å². The van der Waals surface area contributed by atoms with Gasteiger partial charge in [-0.05, 0) is 30.5 Å². The Morgan fingerprint density at radius 3 is 2.29 bits per heavy atom. The Morgan fingerprint density at radius 2 is 1.88 bits per heavy atom. The molecular weight excluding hydrogens is 218 g/mol. The zero-order chi connectivity index (χ0) is 12.5. The highest BCUT2D eigenvalue weighted by molar-refractivity contribution is 5.81. The van der Waals surface area contributed by atoms with E-state index in [-0.39, 0.29) is 12.0 Å². The van der Waals surface area contributed by atoms with Crippen molar-refractivity contribution in [3.63, 3.8) is 0 Å². The molecule has 1 aliphatic rings. The van der Waals surface area contributed by atoms with Crippen LogP contribution in [0.1, 0.15) is 24.4 Å². The average Bonchev–Trinajstić information content (AvgIpc) is 3.18. The molecule has 0 amide bonds. The molecule has 0 saturated heterocycles. The van der Waals surface area contributed by atoms with Crippen molar-refractivity contribution in [2.45, 2.75) is 18.9 Å². The predicted molar refractivity (Wildman–Crippen MR) is 63.6 cm³/mol. The van der Waals surface area contributed by atoms with Gasteiger partial charge >= 0.3 is 5.97 Å². The van der Waals surface area contributed by atoms with Gasteiger partial charge in [0.15, 0.2) is 0 Å². The zero-order valence-electron chi connectivity index (χ0n) is 10.1. The van der Waals surface area contributed by atoms with Crippen LogP contribution in [0.2, 0.25) is 0 Å². The van der Waals surface area contributed by atoms with Crippen LogP contribution in [0.4, 0.5) is 0 Å². The second-order valence-corrected chi connectivity index (χ2v) is 4.40. The Morgan fingerprint density at radius 1 is 1.29 bits per heavy atom. The zero-order valence-corrected chi connectivity index (χ0v) is 10.1. The normalized spacial score (nSPS) is 18.3. The van der Waals surface area contributed by atoms with Gasteiger partial charge in [0.05, 0.1) is 19.6 Å². The van der Waals surface area contributed by atoms with Crippen LogP contribution >= 0.6 is 0 Å². The first kappa shape index (κ1) is 11.9. The van der Waals surface area contributed by atoms with Crippen molar-refractivity contribution in [2.24, 2.45) is 11.1 Å². The monoisotopic (exact) mass is 235 g/mol. The molecule has 0 radical (unpaired) electrons. The van der Waals surface area contributed by atoms with E-state index in [1.807, 2.05) is 24.3 Å². The standard InChI is InChI=1S/C13H17NO3/c1-16-10-5-3-9(4-6-10)11(14)13(7-8-13)12(15)17-2/h3-6,11H,7-8,14H2,1-2H3. The van der Waals surface area contributed by atoms with Crippen LogP contribution < -0.4 is 10.5 Å². The number of nitrogens with two attached hydrogens (primary N) is 1. The van der Waals surface area contributed by atoms with Gasteiger partial charge in [-0.2, -0.15) is 0 Å². The van der Waals surface area contributed by atoms with Crippen molar-refractivity contribution in [3.8, 4) is 5.75 Å². The number of hydrogen-bond donors (Lipinski definition) is 1. The van der Waals surface area contributed by atoms with Gasteiger partial charge in [0.1, 0.15) is 5.75 Å². The smallest absolute Gasteiger partial charge is 0.313 e. The average molecular weight is 235 g/mol. The molecule has 2 N–H and O–H groups in total. The van der Waals surface area contributed by atoms with Crippen molar-refractivity contribution in [1.82, 2.24) is 0 Å². The summed E-state index contributed by atoms with van der Waals surface area (Å²) in [6.45, 7) is 0. The van der Waals surface area contributed by atoms with Crippen molar-refractivity contribution in [1.29, 1.82) is 0 Å². The Bertz CT molecular complexity index is 409. The van der Waals surface area contributed by atoms with Crippen LogP contribution in [0.15, 0.2) is 24.3 Å². The van der Waals surface area contributed by atoms with Crippen LogP contribution in [0.25, 0.3) is 0 Å². The lowest BCUT2D eigenvalue weighted by Gasteiger charge is -2.21. The Kier molecular flexibility index (Phi) is 3.07. The fourth-order valence-electron chi connectivity index (χ4n) is 2.11. The van der Waals surface area contributed by atoms with Crippen LogP contribution in [-0.4, -0.2) is 20.2 Å². The van der Waals surface area contributed by atoms with Crippen molar-refractivity contribution in [3.05, 3.63) is 29.8 Å². The Balaban J connectivity index is 2.19. The highest BCUT2D eigenvalue weighted by Gasteiger charge is 2.56. The topological polar surface area (TPSA) is 61.5 Å². The van der Waals surface area contributed by atoms with Gasteiger partial charge in [-0.15, -0.1) is 0 Å². The molecule has 4 heteroatoms. The molecule has 1 fully saturated rings. The number of rotatable bonds is 4. The maximum absolute atomic E-state index is 11.7. The third-order valence-electron chi connectivity index (χ3n) is 3.45. The van der Waals surface area contributed by atoms with Gasteiger partial charge in [-0.1, -0.05) is 12.1 Å². The van der Waals surface area contributed by atoms with E-state index in [4.69, 9.17) is 15.2 Å². The van der Waals surface area contributed by atoms with E-state index >= 15 is 0 Å². The number of esters is 1. The first-order valence-electron chi connectivity index (χ1n) is 5.62. The SMILES string of the molecule is COC(=O)C1(C(N)c2ccc(OC)cc2)CC1. The molecule has 1 aromatic rings. The maximum Gasteiger partial charge on any atom is 0.313 e. The molecule has 1 aliphatic carbocycles. The third-order valence-corrected chi connectivity index (χ3v) is 3.45. The second-order valence-electron chi connectivity index (χ2n) is 4.40. The van der Waals surface area contributed by atoms with Crippen LogP contribution in [0.5, 0.6) is 5.75 Å². The molecule has 1 aromatic carbocycles. The van der Waals surface area contributed by atoms with Crippen molar-refractivity contribution in [2.75, 3.05) is 14.2 Å². The fourth-order valence-corrected chi connectivity index (χ4v) is 2.11. The van der Waals surface area contributed by atoms with E-state index in [0.717, 1.165) is 24.2 Å². The van der Waals surface area contributed by atoms with E-state index in [1.165, 1.54) is 7.11 Å². The summed E-state index contributed by atoms with van der Waals surface area (Å²) in [6, 6.07) is 7.19. The molecule has 0 bridgehead atoms. The molecule has 1 unspecified atom stereocenters. The molecule has 1 saturated carbocycles. The minimum atomic E-state index is -0.511. The highest BCUT2D eigenvalue weighted by Crippen LogP contribution is 2.54. The minimum Gasteiger partial charge on any atom is -0.497 e. The van der Waals surface area contributed by atoms with E-state index in [0.29, 0.717) is 0 Å². The van der Waals surface area contributed by atoms with Gasteiger partial charge in [-0.3, -0.25) is 4.79 Å². The highest BCUT2D eigenvalue weighted by atomic mass is 16.5. The summed E-state index contributed by atoms with van der Waals surface area (Å²) in [4.78, 5) is 11.7. The lowest BCUT2D eigenvalue weighted by molar-refractivity contribution is -0.148. The predicted octanol–water partition coefficient (Wildman–Crippen LogP) is 1.65. The Labute approximate surface area is 101 Å². The van der Waals surface area contributed by atoms with Gasteiger partial charge in [0, 0.05) is 6.04 Å². The summed E-state index contributed by atoms with van der Waals surface area (Å²) in [5.41, 5.74) is 6.59. The lowest BCUT2D eigenvalue weighted by Crippen LogP contribution is -2.31. The number of benzene rings is 1. The summed E-state index contributed by atoms with van der Waals surface area (Å²) in [5.74, 6) is 0.574. The third kappa shape index (κ3) is 2.00. The molecular formula is C13H17NO3. The van der Waals surface area contributed by atoms with Crippen LogP contribution in [-0.2, 0) is 9.53 Å². The summed E-state index contributed by atoms with van der Waals surface area (Å²) >= 11 is 0. The van der Waals surface area contributed by atoms with Crippen LogP contribution in [0, 0.1) is 5.41 Å². The summed E-state index contributed by atoms with van der Waals surface area (Å²) in [7, 11) is 3.02. The second kappa shape index (κ2) is 4.37. The molecule has 0 aliphatic heterocycles. The fraction of sp³-hybridized carbons (Fsp3) is 0.462. The summed E-state index contributed by atoms with van der Waals surface area (Å²) in [6.07, 6.45) is 1.60.